The van der Waals surface area contributed by atoms with Gasteiger partial charge in [0.25, 0.3) is 11.9 Å². The number of hydrogen-bond donors (Lipinski definition) is 1. The molecule has 0 radical (unpaired) electrons. The number of aliphatic imine (C=N–C) groups is 1. The number of hydrogen-bond acceptors (Lipinski definition) is 4. The molecular formula is C16H23FN2O3. The van der Waals surface area contributed by atoms with Gasteiger partial charge in [0.1, 0.15) is 5.82 Å². The largest absolute Gasteiger partial charge is 0.465 e. The summed E-state index contributed by atoms with van der Waals surface area (Å²) in [7, 11) is 1.62. The first-order valence-electron chi connectivity index (χ1n) is 7.26. The molecule has 0 aromatic heterocycles. The quantitative estimate of drug-likeness (QED) is 0.478. The summed E-state index contributed by atoms with van der Waals surface area (Å²) in [5.74, 6) is -0.456. The van der Waals surface area contributed by atoms with Crippen LogP contribution in [0.5, 0.6) is 0 Å². The number of amidine groups is 1. The van der Waals surface area contributed by atoms with E-state index in [2.05, 4.69) is 10.3 Å². The van der Waals surface area contributed by atoms with E-state index < -0.39 is 0 Å². The van der Waals surface area contributed by atoms with E-state index in [1.165, 1.54) is 24.3 Å². The van der Waals surface area contributed by atoms with Crippen molar-refractivity contribution < 1.29 is 18.7 Å². The molecule has 1 amide bonds. The SMILES string of the molecule is COCCCN=C(NC(=O)c1ccc(F)cc1)OCC(C)C. The molecule has 6 heteroatoms. The van der Waals surface area contributed by atoms with E-state index in [0.717, 1.165) is 6.42 Å². The van der Waals surface area contributed by atoms with Crippen LogP contribution in [0.3, 0.4) is 0 Å². The van der Waals surface area contributed by atoms with Crippen LogP contribution in [0.15, 0.2) is 29.3 Å². The maximum absolute atomic E-state index is 12.9. The number of benzene rings is 1. The number of carbonyl (C=O) groups excluding carboxylic acids is 1. The Bertz CT molecular complexity index is 487. The molecule has 0 bridgehead atoms. The molecule has 22 heavy (non-hydrogen) atoms. The van der Waals surface area contributed by atoms with Gasteiger partial charge in [-0.25, -0.2) is 9.38 Å². The minimum atomic E-state index is -0.388. The lowest BCUT2D eigenvalue weighted by atomic mass is 10.2. The average Bonchev–Trinajstić information content (AvgIpc) is 2.49. The molecule has 0 heterocycles. The zero-order chi connectivity index (χ0) is 16.4. The third kappa shape index (κ3) is 7.17. The van der Waals surface area contributed by atoms with Gasteiger partial charge in [-0.05, 0) is 36.6 Å². The number of amides is 1. The van der Waals surface area contributed by atoms with Crippen LogP contribution in [0.2, 0.25) is 0 Å². The van der Waals surface area contributed by atoms with Gasteiger partial charge >= 0.3 is 0 Å². The van der Waals surface area contributed by atoms with Crippen LogP contribution in [0.1, 0.15) is 30.6 Å². The first-order chi connectivity index (χ1) is 10.5. The van der Waals surface area contributed by atoms with Gasteiger partial charge in [0.2, 0.25) is 0 Å². The molecule has 0 saturated carbocycles. The van der Waals surface area contributed by atoms with Crippen molar-refractivity contribution in [3.63, 3.8) is 0 Å². The van der Waals surface area contributed by atoms with Crippen molar-refractivity contribution in [2.45, 2.75) is 20.3 Å². The fourth-order valence-corrected chi connectivity index (χ4v) is 1.53. The number of ether oxygens (including phenoxy) is 2. The van der Waals surface area contributed by atoms with Crippen LogP contribution in [0, 0.1) is 11.7 Å². The molecule has 0 spiro atoms. The van der Waals surface area contributed by atoms with Gasteiger partial charge in [-0.3, -0.25) is 10.1 Å². The van der Waals surface area contributed by atoms with E-state index in [1.54, 1.807) is 7.11 Å². The zero-order valence-electron chi connectivity index (χ0n) is 13.3. The lowest BCUT2D eigenvalue weighted by Gasteiger charge is -2.12. The lowest BCUT2D eigenvalue weighted by molar-refractivity contribution is 0.0963. The van der Waals surface area contributed by atoms with Crippen LogP contribution >= 0.6 is 0 Å². The Labute approximate surface area is 130 Å². The normalized spacial score (nSPS) is 11.6. The molecule has 0 aliphatic heterocycles. The topological polar surface area (TPSA) is 59.9 Å². The molecular weight excluding hydrogens is 287 g/mol. The van der Waals surface area contributed by atoms with E-state index in [4.69, 9.17) is 9.47 Å². The summed E-state index contributed by atoms with van der Waals surface area (Å²) in [6.07, 6.45) is 0.734. The maximum atomic E-state index is 12.9. The summed E-state index contributed by atoms with van der Waals surface area (Å²) >= 11 is 0. The van der Waals surface area contributed by atoms with Gasteiger partial charge in [-0.1, -0.05) is 13.8 Å². The summed E-state index contributed by atoms with van der Waals surface area (Å²) in [4.78, 5) is 16.3. The van der Waals surface area contributed by atoms with Crippen molar-refractivity contribution in [3.05, 3.63) is 35.6 Å². The van der Waals surface area contributed by atoms with Gasteiger partial charge in [0.15, 0.2) is 0 Å². The molecule has 1 aromatic rings. The Morgan fingerprint density at radius 2 is 2.00 bits per heavy atom. The summed E-state index contributed by atoms with van der Waals surface area (Å²) in [5, 5.41) is 2.61. The average molecular weight is 310 g/mol. The highest BCUT2D eigenvalue weighted by Crippen LogP contribution is 2.03. The van der Waals surface area contributed by atoms with Crippen molar-refractivity contribution in [2.24, 2.45) is 10.9 Å². The third-order valence-electron chi connectivity index (χ3n) is 2.64. The molecule has 1 aromatic carbocycles. The van der Waals surface area contributed by atoms with E-state index in [9.17, 15) is 9.18 Å². The predicted molar refractivity (Wildman–Crippen MR) is 83.5 cm³/mol. The smallest absolute Gasteiger partial charge is 0.291 e. The van der Waals surface area contributed by atoms with E-state index in [-0.39, 0.29) is 17.7 Å². The second kappa shape index (κ2) is 9.89. The standard InChI is InChI=1S/C16H23FN2O3/c1-12(2)11-22-16(18-9-4-10-21-3)19-15(20)13-5-7-14(17)8-6-13/h5-8,12H,4,9-11H2,1-3H3,(H,18,19,20). The van der Waals surface area contributed by atoms with Crippen LogP contribution in [0.25, 0.3) is 0 Å². The molecule has 1 rings (SSSR count). The summed E-state index contributed by atoms with van der Waals surface area (Å²) in [5.41, 5.74) is 0.346. The van der Waals surface area contributed by atoms with Gasteiger partial charge in [-0.15, -0.1) is 0 Å². The van der Waals surface area contributed by atoms with E-state index in [1.807, 2.05) is 13.8 Å². The minimum Gasteiger partial charge on any atom is -0.465 e. The minimum absolute atomic E-state index is 0.180. The third-order valence-corrected chi connectivity index (χ3v) is 2.64. The lowest BCUT2D eigenvalue weighted by Crippen LogP contribution is -2.33. The van der Waals surface area contributed by atoms with E-state index in [0.29, 0.717) is 31.2 Å². The summed E-state index contributed by atoms with van der Waals surface area (Å²) in [6, 6.07) is 5.48. The molecule has 0 unspecified atom stereocenters. The predicted octanol–water partition coefficient (Wildman–Crippen LogP) is 2.62. The number of rotatable bonds is 7. The fourth-order valence-electron chi connectivity index (χ4n) is 1.53. The molecule has 0 aliphatic rings. The number of carbonyl (C=O) groups is 1. The van der Waals surface area contributed by atoms with Crippen molar-refractivity contribution in [1.82, 2.24) is 5.32 Å². The zero-order valence-corrected chi connectivity index (χ0v) is 13.3. The highest BCUT2D eigenvalue weighted by atomic mass is 19.1. The van der Waals surface area contributed by atoms with E-state index >= 15 is 0 Å². The van der Waals surface area contributed by atoms with Crippen LogP contribution in [0.4, 0.5) is 4.39 Å². The van der Waals surface area contributed by atoms with Crippen molar-refractivity contribution in [3.8, 4) is 0 Å². The molecule has 0 atom stereocenters. The molecule has 1 N–H and O–H groups in total. The highest BCUT2D eigenvalue weighted by Gasteiger charge is 2.10. The van der Waals surface area contributed by atoms with Crippen LogP contribution in [-0.2, 0) is 9.47 Å². The van der Waals surface area contributed by atoms with Gasteiger partial charge < -0.3 is 9.47 Å². The maximum Gasteiger partial charge on any atom is 0.291 e. The Hall–Kier alpha value is -1.95. The van der Waals surface area contributed by atoms with Gasteiger partial charge in [0.05, 0.1) is 6.61 Å². The first-order valence-corrected chi connectivity index (χ1v) is 7.26. The second-order valence-electron chi connectivity index (χ2n) is 5.20. The summed E-state index contributed by atoms with van der Waals surface area (Å²) < 4.78 is 23.3. The Balaban J connectivity index is 2.65. The number of halogens is 1. The fraction of sp³-hybridized carbons (Fsp3) is 0.500. The monoisotopic (exact) mass is 310 g/mol. The summed E-state index contributed by atoms with van der Waals surface area (Å²) in [6.45, 7) is 5.54. The Morgan fingerprint density at radius 3 is 2.59 bits per heavy atom. The van der Waals surface area contributed by atoms with Crippen molar-refractivity contribution in [1.29, 1.82) is 0 Å². The van der Waals surface area contributed by atoms with Crippen LogP contribution in [-0.4, -0.2) is 38.8 Å². The second-order valence-corrected chi connectivity index (χ2v) is 5.20. The molecule has 5 nitrogen and oxygen atoms in total. The highest BCUT2D eigenvalue weighted by molar-refractivity contribution is 6.04. The Kier molecular flexibility index (Phi) is 8.14. The molecule has 122 valence electrons. The number of nitrogens with one attached hydrogen (secondary N) is 1. The van der Waals surface area contributed by atoms with Gasteiger partial charge in [-0.2, -0.15) is 0 Å². The van der Waals surface area contributed by atoms with Crippen molar-refractivity contribution >= 4 is 11.9 Å². The molecule has 0 saturated heterocycles. The number of nitrogens with zero attached hydrogens (tertiary/aromatic N) is 1. The first kappa shape index (κ1) is 18.1. The Morgan fingerprint density at radius 1 is 1.32 bits per heavy atom. The van der Waals surface area contributed by atoms with Crippen LogP contribution < -0.4 is 5.32 Å². The number of methoxy groups -OCH3 is 1. The molecule has 0 aliphatic carbocycles. The molecule has 0 fully saturated rings. The van der Waals surface area contributed by atoms with Crippen molar-refractivity contribution in [2.75, 3.05) is 26.9 Å². The van der Waals surface area contributed by atoms with Gasteiger partial charge in [0, 0.05) is 25.8 Å².